The maximum Gasteiger partial charge on any atom is 0.282 e. The molecule has 0 bridgehead atoms. The van der Waals surface area contributed by atoms with Crippen molar-refractivity contribution in [2.75, 3.05) is 26.2 Å². The summed E-state index contributed by atoms with van der Waals surface area (Å²) in [7, 11) is -3.39. The van der Waals surface area contributed by atoms with Gasteiger partial charge < -0.3 is 0 Å². The molecule has 2 aliphatic rings. The van der Waals surface area contributed by atoms with Gasteiger partial charge in [-0.1, -0.05) is 6.92 Å². The van der Waals surface area contributed by atoms with Crippen LogP contribution in [0.1, 0.15) is 32.6 Å². The fourth-order valence-electron chi connectivity index (χ4n) is 2.83. The van der Waals surface area contributed by atoms with Crippen LogP contribution in [-0.2, 0) is 15.0 Å². The maximum atomic E-state index is 12.5. The summed E-state index contributed by atoms with van der Waals surface area (Å²) < 4.78 is 28.1. The van der Waals surface area contributed by atoms with Crippen LogP contribution in [0.25, 0.3) is 0 Å². The molecule has 0 radical (unpaired) electrons. The van der Waals surface area contributed by atoms with Crippen LogP contribution in [0, 0.1) is 5.92 Å². The highest BCUT2D eigenvalue weighted by molar-refractivity contribution is 7.86. The summed E-state index contributed by atoms with van der Waals surface area (Å²) in [5.41, 5.74) is 0. The van der Waals surface area contributed by atoms with Crippen LogP contribution >= 0.6 is 0 Å². The van der Waals surface area contributed by atoms with Gasteiger partial charge in [0.25, 0.3) is 10.2 Å². The second kappa shape index (κ2) is 6.13. The van der Waals surface area contributed by atoms with Crippen molar-refractivity contribution < 1.29 is 13.2 Å². The molecular weight excluding hydrogens is 266 g/mol. The fourth-order valence-corrected chi connectivity index (χ4v) is 4.68. The van der Waals surface area contributed by atoms with Gasteiger partial charge in [-0.05, 0) is 31.6 Å². The van der Waals surface area contributed by atoms with E-state index in [2.05, 4.69) is 11.9 Å². The molecule has 19 heavy (non-hydrogen) atoms. The lowest BCUT2D eigenvalue weighted by Crippen LogP contribution is -2.51. The maximum absolute atomic E-state index is 12.5. The van der Waals surface area contributed by atoms with Crippen LogP contribution in [0.5, 0.6) is 0 Å². The Balaban J connectivity index is 2.08. The first-order valence-electron chi connectivity index (χ1n) is 6.86. The van der Waals surface area contributed by atoms with Gasteiger partial charge in [0.2, 0.25) is 6.08 Å². The quantitative estimate of drug-likeness (QED) is 0.568. The van der Waals surface area contributed by atoms with Crippen LogP contribution in [0.2, 0.25) is 0 Å². The number of piperidine rings is 2. The van der Waals surface area contributed by atoms with Crippen LogP contribution in [0.4, 0.5) is 0 Å². The summed E-state index contributed by atoms with van der Waals surface area (Å²) in [5.74, 6) is 0.414. The van der Waals surface area contributed by atoms with E-state index in [-0.39, 0.29) is 6.04 Å². The van der Waals surface area contributed by atoms with Crippen LogP contribution in [0.15, 0.2) is 4.99 Å². The van der Waals surface area contributed by atoms with E-state index in [1.807, 2.05) is 0 Å². The van der Waals surface area contributed by atoms with Crippen molar-refractivity contribution in [3.8, 4) is 0 Å². The van der Waals surface area contributed by atoms with Gasteiger partial charge in [0.15, 0.2) is 0 Å². The number of isocyanates is 1. The molecule has 7 heteroatoms. The Kier molecular flexibility index (Phi) is 4.73. The number of rotatable bonds is 3. The van der Waals surface area contributed by atoms with Crippen molar-refractivity contribution in [3.05, 3.63) is 0 Å². The third kappa shape index (κ3) is 3.42. The summed E-state index contributed by atoms with van der Waals surface area (Å²) in [6.07, 6.45) is 5.05. The van der Waals surface area contributed by atoms with E-state index >= 15 is 0 Å². The van der Waals surface area contributed by atoms with Gasteiger partial charge in [0.05, 0.1) is 6.04 Å². The number of hydrogen-bond donors (Lipinski definition) is 0. The molecule has 2 heterocycles. The highest BCUT2D eigenvalue weighted by Gasteiger charge is 2.35. The average Bonchev–Trinajstić information content (AvgIpc) is 2.39. The molecule has 2 unspecified atom stereocenters. The largest absolute Gasteiger partial charge is 0.282 e. The predicted molar refractivity (Wildman–Crippen MR) is 71.6 cm³/mol. The molecule has 0 aromatic heterocycles. The highest BCUT2D eigenvalue weighted by atomic mass is 32.2. The predicted octanol–water partition coefficient (Wildman–Crippen LogP) is 0.763. The Morgan fingerprint density at radius 1 is 1.11 bits per heavy atom. The zero-order valence-corrected chi connectivity index (χ0v) is 12.1. The van der Waals surface area contributed by atoms with Gasteiger partial charge in [-0.25, -0.2) is 9.79 Å². The molecule has 0 saturated carbocycles. The molecule has 108 valence electrons. The first kappa shape index (κ1) is 14.7. The molecule has 2 rings (SSSR count). The van der Waals surface area contributed by atoms with Gasteiger partial charge in [-0.15, -0.1) is 0 Å². The Hall–Kier alpha value is -0.750. The van der Waals surface area contributed by atoms with Gasteiger partial charge >= 0.3 is 0 Å². The van der Waals surface area contributed by atoms with Crippen molar-refractivity contribution in [2.24, 2.45) is 10.9 Å². The number of aliphatic imine (C=N–C) groups is 1. The molecule has 0 N–H and O–H groups in total. The van der Waals surface area contributed by atoms with Crippen LogP contribution in [-0.4, -0.2) is 55.3 Å². The summed E-state index contributed by atoms with van der Waals surface area (Å²) in [4.78, 5) is 14.0. The zero-order valence-electron chi connectivity index (χ0n) is 11.3. The van der Waals surface area contributed by atoms with Crippen molar-refractivity contribution in [1.82, 2.24) is 8.61 Å². The second-order valence-electron chi connectivity index (χ2n) is 5.49. The van der Waals surface area contributed by atoms with Crippen molar-refractivity contribution in [3.63, 3.8) is 0 Å². The molecule has 2 fully saturated rings. The monoisotopic (exact) mass is 287 g/mol. The molecule has 0 aromatic rings. The minimum absolute atomic E-state index is 0.233. The topological polar surface area (TPSA) is 70.1 Å². The lowest BCUT2D eigenvalue weighted by molar-refractivity contribution is 0.241. The Labute approximate surface area is 114 Å². The molecule has 2 aliphatic heterocycles. The number of carbonyl (C=O) groups excluding carboxylic acids is 1. The minimum atomic E-state index is -3.39. The van der Waals surface area contributed by atoms with Crippen LogP contribution < -0.4 is 0 Å². The molecule has 0 spiro atoms. The smallest absolute Gasteiger partial charge is 0.211 e. The van der Waals surface area contributed by atoms with E-state index in [1.54, 1.807) is 4.31 Å². The molecule has 2 saturated heterocycles. The lowest BCUT2D eigenvalue weighted by atomic mass is 10.0. The minimum Gasteiger partial charge on any atom is -0.211 e. The first-order chi connectivity index (χ1) is 9.04. The standard InChI is InChI=1S/C12H21N3O3S/c1-11-4-2-6-14(8-11)19(17,18)15-7-3-5-12(9-15)13-10-16/h11-12H,2-9H2,1H3. The molecule has 0 aliphatic carbocycles. The number of hydrogen-bond acceptors (Lipinski definition) is 4. The average molecular weight is 287 g/mol. The summed E-state index contributed by atoms with van der Waals surface area (Å²) >= 11 is 0. The van der Waals surface area contributed by atoms with E-state index in [4.69, 9.17) is 0 Å². The molecule has 2 atom stereocenters. The SMILES string of the molecule is CC1CCCN(S(=O)(=O)N2CCCC(N=C=O)C2)C1. The fraction of sp³-hybridized carbons (Fsp3) is 0.917. The Bertz CT molecular complexity index is 459. The lowest BCUT2D eigenvalue weighted by Gasteiger charge is -2.37. The zero-order chi connectivity index (χ0) is 13.9. The Morgan fingerprint density at radius 2 is 1.74 bits per heavy atom. The molecular formula is C12H21N3O3S. The molecule has 6 nitrogen and oxygen atoms in total. The van der Waals surface area contributed by atoms with E-state index in [1.165, 1.54) is 10.4 Å². The third-order valence-electron chi connectivity index (χ3n) is 3.87. The number of nitrogens with zero attached hydrogens (tertiary/aromatic N) is 3. The van der Waals surface area contributed by atoms with E-state index < -0.39 is 10.2 Å². The highest BCUT2D eigenvalue weighted by Crippen LogP contribution is 2.23. The van der Waals surface area contributed by atoms with E-state index in [0.717, 1.165) is 25.7 Å². The van der Waals surface area contributed by atoms with Gasteiger partial charge in [-0.3, -0.25) is 0 Å². The summed E-state index contributed by atoms with van der Waals surface area (Å²) in [6.45, 7) is 4.11. The summed E-state index contributed by atoms with van der Waals surface area (Å²) in [5, 5.41) is 0. The third-order valence-corrected chi connectivity index (χ3v) is 5.84. The van der Waals surface area contributed by atoms with Crippen LogP contribution in [0.3, 0.4) is 0 Å². The van der Waals surface area contributed by atoms with Gasteiger partial charge in [0.1, 0.15) is 0 Å². The first-order valence-corrected chi connectivity index (χ1v) is 8.26. The van der Waals surface area contributed by atoms with E-state index in [9.17, 15) is 13.2 Å². The van der Waals surface area contributed by atoms with Crippen molar-refractivity contribution in [1.29, 1.82) is 0 Å². The van der Waals surface area contributed by atoms with Crippen molar-refractivity contribution in [2.45, 2.75) is 38.6 Å². The summed E-state index contributed by atoms with van der Waals surface area (Å²) in [6, 6.07) is -0.233. The van der Waals surface area contributed by atoms with Gasteiger partial charge in [0, 0.05) is 26.2 Å². The molecule has 0 amide bonds. The Morgan fingerprint density at radius 3 is 2.37 bits per heavy atom. The normalized spacial score (nSPS) is 30.8. The van der Waals surface area contributed by atoms with Gasteiger partial charge in [-0.2, -0.15) is 17.0 Å². The van der Waals surface area contributed by atoms with Crippen molar-refractivity contribution >= 4 is 16.3 Å². The van der Waals surface area contributed by atoms with E-state index in [0.29, 0.717) is 32.1 Å². The second-order valence-corrected chi connectivity index (χ2v) is 7.42. The molecule has 0 aromatic carbocycles.